The number of thiophene rings is 1. The van der Waals surface area contributed by atoms with E-state index in [1.54, 1.807) is 12.1 Å². The van der Waals surface area contributed by atoms with E-state index >= 15 is 0 Å². The van der Waals surface area contributed by atoms with Gasteiger partial charge in [0.05, 0.1) is 11.1 Å². The first-order valence-electron chi connectivity index (χ1n) is 8.76. The molecule has 1 unspecified atom stereocenters. The number of hydrogen-bond donors (Lipinski definition) is 3. The Balaban J connectivity index is 1.64. The number of benzene rings is 1. The predicted octanol–water partition coefficient (Wildman–Crippen LogP) is 2.31. The Morgan fingerprint density at radius 2 is 1.82 bits per heavy atom. The van der Waals surface area contributed by atoms with Crippen LogP contribution in [-0.4, -0.2) is 32.9 Å². The second-order valence-electron chi connectivity index (χ2n) is 6.56. The molecular weight excluding hydrogens is 400 g/mol. The van der Waals surface area contributed by atoms with Gasteiger partial charge in [-0.1, -0.05) is 12.1 Å². The quantitative estimate of drug-likeness (QED) is 0.633. The van der Waals surface area contributed by atoms with E-state index in [2.05, 4.69) is 5.32 Å². The molecule has 3 rings (SSSR count). The molecule has 1 heterocycles. The maximum Gasteiger partial charge on any atom is 0.335 e. The van der Waals surface area contributed by atoms with Gasteiger partial charge in [0.1, 0.15) is 10.8 Å². The highest BCUT2D eigenvalue weighted by Gasteiger charge is 2.25. The molecule has 0 saturated carbocycles. The van der Waals surface area contributed by atoms with Crippen LogP contribution in [0.3, 0.4) is 0 Å². The summed E-state index contributed by atoms with van der Waals surface area (Å²) in [6.45, 7) is 0. The highest BCUT2D eigenvalue weighted by molar-refractivity contribution is 7.85. The third kappa shape index (κ3) is 4.66. The average molecular weight is 421 g/mol. The molecule has 28 heavy (non-hydrogen) atoms. The van der Waals surface area contributed by atoms with Gasteiger partial charge < -0.3 is 16.2 Å². The number of aromatic carboxylic acids is 1. The summed E-state index contributed by atoms with van der Waals surface area (Å²) in [6.07, 6.45) is 3.68. The van der Waals surface area contributed by atoms with Gasteiger partial charge in [-0.2, -0.15) is 0 Å². The monoisotopic (exact) mass is 420 g/mol. The minimum atomic E-state index is -1.47. The van der Waals surface area contributed by atoms with Crippen molar-refractivity contribution in [3.8, 4) is 0 Å². The number of rotatable bonds is 7. The van der Waals surface area contributed by atoms with Gasteiger partial charge in [-0.3, -0.25) is 13.8 Å². The molecule has 0 saturated heterocycles. The van der Waals surface area contributed by atoms with Crippen molar-refractivity contribution in [1.82, 2.24) is 0 Å². The molecule has 2 aromatic rings. The number of nitrogens with one attached hydrogen (secondary N) is 1. The van der Waals surface area contributed by atoms with Gasteiger partial charge in [-0.15, -0.1) is 11.3 Å². The van der Waals surface area contributed by atoms with Gasteiger partial charge in [-0.25, -0.2) is 4.79 Å². The highest BCUT2D eigenvalue weighted by atomic mass is 32.2. The number of aryl methyl sites for hydroxylation is 1. The van der Waals surface area contributed by atoms with Crippen molar-refractivity contribution >= 4 is 44.9 Å². The van der Waals surface area contributed by atoms with Crippen LogP contribution in [0.15, 0.2) is 24.3 Å². The number of carboxylic acids is 1. The second kappa shape index (κ2) is 8.66. The van der Waals surface area contributed by atoms with Crippen molar-refractivity contribution in [2.45, 2.75) is 31.4 Å². The summed E-state index contributed by atoms with van der Waals surface area (Å²) in [7, 11) is -1.47. The first-order chi connectivity index (χ1) is 13.3. The zero-order valence-electron chi connectivity index (χ0n) is 15.0. The second-order valence-corrected chi connectivity index (χ2v) is 9.12. The molecule has 0 fully saturated rings. The van der Waals surface area contributed by atoms with Crippen LogP contribution in [0, 0.1) is 0 Å². The van der Waals surface area contributed by atoms with Crippen molar-refractivity contribution in [3.63, 3.8) is 0 Å². The normalized spacial score (nSPS) is 14.1. The molecule has 1 aliphatic rings. The zero-order valence-corrected chi connectivity index (χ0v) is 16.7. The molecule has 1 aromatic carbocycles. The summed E-state index contributed by atoms with van der Waals surface area (Å²) in [6, 6.07) is 6.03. The number of anilines is 1. The number of hydrogen-bond acceptors (Lipinski definition) is 5. The van der Waals surface area contributed by atoms with Crippen LogP contribution < -0.4 is 11.1 Å². The fraction of sp³-hybridized carbons (Fsp3) is 0.316. The summed E-state index contributed by atoms with van der Waals surface area (Å²) >= 11 is 1.37. The Bertz CT molecular complexity index is 950. The van der Waals surface area contributed by atoms with E-state index in [4.69, 9.17) is 10.8 Å². The van der Waals surface area contributed by atoms with Crippen LogP contribution in [-0.2, 0) is 34.2 Å². The van der Waals surface area contributed by atoms with Crippen LogP contribution in [0.4, 0.5) is 5.00 Å². The molecule has 0 radical (unpaired) electrons. The summed E-state index contributed by atoms with van der Waals surface area (Å²) in [5.41, 5.74) is 7.64. The molecule has 1 atom stereocenters. The largest absolute Gasteiger partial charge is 0.478 e. The van der Waals surface area contributed by atoms with Crippen molar-refractivity contribution in [3.05, 3.63) is 51.4 Å². The molecule has 1 aliphatic carbocycles. The fourth-order valence-electron chi connectivity index (χ4n) is 3.20. The fourth-order valence-corrected chi connectivity index (χ4v) is 5.55. The van der Waals surface area contributed by atoms with Gasteiger partial charge in [0.25, 0.3) is 5.91 Å². The number of fused-ring (bicyclic) bond motifs is 1. The first-order valence-corrected chi connectivity index (χ1v) is 11.1. The number of carboxylic acid groups (broad SMARTS) is 1. The number of primary amides is 1. The first kappa shape index (κ1) is 20.2. The standard InChI is InChI=1S/C19H20N2O5S2/c20-17(23)16-13-3-1-2-4-14(13)27-18(16)21-15(22)10-28(26)9-11-5-7-12(8-6-11)19(24)25/h5-8H,1-4,9-10H2,(H2,20,23)(H,21,22)(H,24,25). The highest BCUT2D eigenvalue weighted by Crippen LogP contribution is 2.37. The lowest BCUT2D eigenvalue weighted by Crippen LogP contribution is -2.22. The van der Waals surface area contributed by atoms with Crippen molar-refractivity contribution in [1.29, 1.82) is 0 Å². The van der Waals surface area contributed by atoms with E-state index in [1.807, 2.05) is 0 Å². The molecular formula is C19H20N2O5S2. The molecule has 0 spiro atoms. The Labute approximate surface area is 168 Å². The maximum atomic E-state index is 12.3. The molecule has 1 aromatic heterocycles. The smallest absolute Gasteiger partial charge is 0.335 e. The Morgan fingerprint density at radius 1 is 1.14 bits per heavy atom. The van der Waals surface area contributed by atoms with Crippen molar-refractivity contribution in [2.75, 3.05) is 11.1 Å². The van der Waals surface area contributed by atoms with Crippen molar-refractivity contribution < 1.29 is 23.7 Å². The topological polar surface area (TPSA) is 127 Å². The van der Waals surface area contributed by atoms with Crippen LogP contribution in [0.2, 0.25) is 0 Å². The maximum absolute atomic E-state index is 12.3. The van der Waals surface area contributed by atoms with Crippen LogP contribution in [0.25, 0.3) is 0 Å². The lowest BCUT2D eigenvalue weighted by atomic mass is 9.95. The summed E-state index contributed by atoms with van der Waals surface area (Å²) in [5, 5.41) is 12.0. The SMILES string of the molecule is NC(=O)c1c(NC(=O)CS(=O)Cc2ccc(C(=O)O)cc2)sc2c1CCCC2. The van der Waals surface area contributed by atoms with E-state index < -0.39 is 28.6 Å². The van der Waals surface area contributed by atoms with Crippen LogP contribution in [0.5, 0.6) is 0 Å². The molecule has 0 bridgehead atoms. The molecule has 7 nitrogen and oxygen atoms in total. The summed E-state index contributed by atoms with van der Waals surface area (Å²) in [4.78, 5) is 36.1. The average Bonchev–Trinajstić information content (AvgIpc) is 2.99. The summed E-state index contributed by atoms with van der Waals surface area (Å²) in [5.74, 6) is -2.12. The van der Waals surface area contributed by atoms with Crippen molar-refractivity contribution in [2.24, 2.45) is 5.73 Å². The van der Waals surface area contributed by atoms with Gasteiger partial charge in [0.15, 0.2) is 0 Å². The lowest BCUT2D eigenvalue weighted by molar-refractivity contribution is -0.113. The molecule has 2 amide bonds. The van der Waals surface area contributed by atoms with Gasteiger partial charge >= 0.3 is 5.97 Å². The minimum Gasteiger partial charge on any atom is -0.478 e. The Hall–Kier alpha value is -2.52. The molecule has 148 valence electrons. The lowest BCUT2D eigenvalue weighted by Gasteiger charge is -2.11. The minimum absolute atomic E-state index is 0.136. The number of amides is 2. The zero-order chi connectivity index (χ0) is 20.3. The number of carbonyl (C=O) groups excluding carboxylic acids is 2. The van der Waals surface area contributed by atoms with Gasteiger partial charge in [0.2, 0.25) is 5.91 Å². The van der Waals surface area contributed by atoms with E-state index in [0.717, 1.165) is 36.1 Å². The van der Waals surface area contributed by atoms with Gasteiger partial charge in [-0.05, 0) is 48.9 Å². The third-order valence-electron chi connectivity index (χ3n) is 4.49. The number of carbonyl (C=O) groups is 3. The Morgan fingerprint density at radius 3 is 2.46 bits per heavy atom. The van der Waals surface area contributed by atoms with Gasteiger partial charge in [0, 0.05) is 21.4 Å². The number of nitrogens with two attached hydrogens (primary N) is 1. The van der Waals surface area contributed by atoms with E-state index in [-0.39, 0.29) is 17.1 Å². The third-order valence-corrected chi connectivity index (χ3v) is 6.94. The van der Waals surface area contributed by atoms with E-state index in [0.29, 0.717) is 16.1 Å². The Kier molecular flexibility index (Phi) is 6.25. The molecule has 0 aliphatic heterocycles. The van der Waals surface area contributed by atoms with E-state index in [9.17, 15) is 18.6 Å². The molecule has 9 heteroatoms. The predicted molar refractivity (Wildman–Crippen MR) is 108 cm³/mol. The van der Waals surface area contributed by atoms with Crippen LogP contribution in [0.1, 0.15) is 49.6 Å². The molecule has 4 N–H and O–H groups in total. The van der Waals surface area contributed by atoms with E-state index in [1.165, 1.54) is 23.5 Å². The summed E-state index contributed by atoms with van der Waals surface area (Å²) < 4.78 is 12.3. The van der Waals surface area contributed by atoms with Crippen LogP contribution >= 0.6 is 11.3 Å².